The molecule has 180 valence electrons. The van der Waals surface area contributed by atoms with Gasteiger partial charge in [0.05, 0.1) is 6.54 Å². The number of nitrogens with one attached hydrogen (secondary N) is 1. The number of carbonyl (C=O) groups excluding carboxylic acids is 3. The quantitative estimate of drug-likeness (QED) is 0.629. The number of imide groups is 1. The third-order valence-corrected chi connectivity index (χ3v) is 6.90. The molecule has 1 N–H and O–H groups in total. The molecule has 0 saturated carbocycles. The summed E-state index contributed by atoms with van der Waals surface area (Å²) in [6.45, 7) is 5.35. The third-order valence-electron chi connectivity index (χ3n) is 6.90. The van der Waals surface area contributed by atoms with E-state index in [9.17, 15) is 18.8 Å². The Labute approximate surface area is 199 Å². The highest BCUT2D eigenvalue weighted by molar-refractivity contribution is 6.07. The number of hydrogen-bond donors (Lipinski definition) is 1. The molecule has 4 rings (SSSR count). The number of carbonyl (C=O) groups is 3. The van der Waals surface area contributed by atoms with Crippen molar-refractivity contribution in [2.75, 3.05) is 13.1 Å². The lowest BCUT2D eigenvalue weighted by atomic mass is 9.73. The SMILES string of the molecule is CC(C)CCC(=O)N1CCC([C@]2(c3cccnc3)NC(=O)N(Cc3ccc(F)cc3)C2=O)CC1. The molecule has 0 unspecified atom stereocenters. The number of benzene rings is 1. The monoisotopic (exact) mass is 466 g/mol. The number of halogens is 1. The van der Waals surface area contributed by atoms with Crippen LogP contribution in [0.2, 0.25) is 0 Å². The average molecular weight is 467 g/mol. The molecule has 0 spiro atoms. The Morgan fingerprint density at radius 3 is 2.50 bits per heavy atom. The Morgan fingerprint density at radius 1 is 1.18 bits per heavy atom. The van der Waals surface area contributed by atoms with Crippen LogP contribution < -0.4 is 5.32 Å². The Balaban J connectivity index is 1.56. The van der Waals surface area contributed by atoms with E-state index in [-0.39, 0.29) is 30.1 Å². The van der Waals surface area contributed by atoms with E-state index < -0.39 is 11.6 Å². The largest absolute Gasteiger partial charge is 0.343 e. The molecule has 0 aliphatic carbocycles. The van der Waals surface area contributed by atoms with Gasteiger partial charge in [-0.1, -0.05) is 32.0 Å². The standard InChI is InChI=1S/C26H31FN4O3/c1-18(2)5-10-23(32)30-14-11-20(12-15-30)26(21-4-3-13-28-16-21)24(33)31(25(34)29-26)17-19-6-8-22(27)9-7-19/h3-4,6-9,13,16,18,20H,5,10-12,14-15,17H2,1-2H3,(H,29,34)/t26-/m1/s1. The first-order valence-corrected chi connectivity index (χ1v) is 11.9. The van der Waals surface area contributed by atoms with Crippen LogP contribution in [0.15, 0.2) is 48.8 Å². The zero-order valence-corrected chi connectivity index (χ0v) is 19.7. The molecule has 0 radical (unpaired) electrons. The number of pyridine rings is 1. The summed E-state index contributed by atoms with van der Waals surface area (Å²) >= 11 is 0. The predicted molar refractivity (Wildman–Crippen MR) is 125 cm³/mol. The molecule has 1 aromatic heterocycles. The number of nitrogens with zero attached hydrogens (tertiary/aromatic N) is 3. The Hall–Kier alpha value is -3.29. The Morgan fingerprint density at radius 2 is 1.88 bits per heavy atom. The lowest BCUT2D eigenvalue weighted by molar-refractivity contribution is -0.136. The van der Waals surface area contributed by atoms with Crippen molar-refractivity contribution in [3.63, 3.8) is 0 Å². The molecule has 1 aromatic carbocycles. The number of amides is 4. The van der Waals surface area contributed by atoms with E-state index in [0.717, 1.165) is 6.42 Å². The topological polar surface area (TPSA) is 82.6 Å². The zero-order chi connectivity index (χ0) is 24.3. The van der Waals surface area contributed by atoms with Crippen molar-refractivity contribution < 1.29 is 18.8 Å². The van der Waals surface area contributed by atoms with Crippen molar-refractivity contribution in [1.82, 2.24) is 20.1 Å². The zero-order valence-electron chi connectivity index (χ0n) is 19.7. The smallest absolute Gasteiger partial charge is 0.325 e. The molecule has 2 saturated heterocycles. The van der Waals surface area contributed by atoms with E-state index in [1.807, 2.05) is 11.0 Å². The van der Waals surface area contributed by atoms with Gasteiger partial charge in [0, 0.05) is 37.5 Å². The first-order valence-electron chi connectivity index (χ1n) is 11.9. The maximum Gasteiger partial charge on any atom is 0.325 e. The molecular weight excluding hydrogens is 435 g/mol. The second kappa shape index (κ2) is 9.91. The molecule has 34 heavy (non-hydrogen) atoms. The van der Waals surface area contributed by atoms with E-state index in [2.05, 4.69) is 24.1 Å². The summed E-state index contributed by atoms with van der Waals surface area (Å²) in [5.74, 6) is -0.281. The number of likely N-dealkylation sites (tertiary alicyclic amines) is 1. The van der Waals surface area contributed by atoms with Gasteiger partial charge >= 0.3 is 6.03 Å². The fourth-order valence-corrected chi connectivity index (χ4v) is 4.95. The summed E-state index contributed by atoms with van der Waals surface area (Å²) in [5.41, 5.74) is 0.0651. The minimum Gasteiger partial charge on any atom is -0.343 e. The van der Waals surface area contributed by atoms with Gasteiger partial charge in [-0.15, -0.1) is 0 Å². The summed E-state index contributed by atoms with van der Waals surface area (Å²) in [6.07, 6.45) is 5.82. The van der Waals surface area contributed by atoms with Crippen molar-refractivity contribution in [1.29, 1.82) is 0 Å². The van der Waals surface area contributed by atoms with Crippen molar-refractivity contribution in [3.8, 4) is 0 Å². The third kappa shape index (κ3) is 4.67. The minimum absolute atomic E-state index is 0.0551. The van der Waals surface area contributed by atoms with E-state index in [1.165, 1.54) is 17.0 Å². The van der Waals surface area contributed by atoms with Gasteiger partial charge in [-0.05, 0) is 54.9 Å². The molecule has 7 nitrogen and oxygen atoms in total. The van der Waals surface area contributed by atoms with Gasteiger partial charge < -0.3 is 10.2 Å². The maximum atomic E-state index is 13.9. The molecule has 2 aromatic rings. The number of aromatic nitrogens is 1. The van der Waals surface area contributed by atoms with Crippen LogP contribution in [0.4, 0.5) is 9.18 Å². The van der Waals surface area contributed by atoms with Crippen LogP contribution in [0.25, 0.3) is 0 Å². The number of hydrogen-bond acceptors (Lipinski definition) is 4. The maximum absolute atomic E-state index is 13.9. The molecule has 2 fully saturated rings. The highest BCUT2D eigenvalue weighted by Gasteiger charge is 2.57. The summed E-state index contributed by atoms with van der Waals surface area (Å²) in [4.78, 5) is 46.8. The van der Waals surface area contributed by atoms with Gasteiger partial charge in [0.15, 0.2) is 5.54 Å². The first kappa shape index (κ1) is 23.9. The van der Waals surface area contributed by atoms with Crippen molar-refractivity contribution in [2.24, 2.45) is 11.8 Å². The second-order valence-electron chi connectivity index (χ2n) is 9.59. The van der Waals surface area contributed by atoms with Crippen LogP contribution in [0.1, 0.15) is 50.7 Å². The molecule has 0 bridgehead atoms. The average Bonchev–Trinajstić information content (AvgIpc) is 3.10. The highest BCUT2D eigenvalue weighted by Crippen LogP contribution is 2.41. The van der Waals surface area contributed by atoms with E-state index in [0.29, 0.717) is 49.4 Å². The van der Waals surface area contributed by atoms with Crippen molar-refractivity contribution in [3.05, 3.63) is 65.7 Å². The van der Waals surface area contributed by atoms with Crippen LogP contribution in [0, 0.1) is 17.7 Å². The van der Waals surface area contributed by atoms with Gasteiger partial charge in [-0.3, -0.25) is 19.5 Å². The Bertz CT molecular complexity index is 1040. The van der Waals surface area contributed by atoms with Crippen LogP contribution in [0.5, 0.6) is 0 Å². The normalized spacial score (nSPS) is 21.3. The predicted octanol–water partition coefficient (Wildman–Crippen LogP) is 3.84. The van der Waals surface area contributed by atoms with Crippen molar-refractivity contribution in [2.45, 2.75) is 51.6 Å². The van der Waals surface area contributed by atoms with Crippen LogP contribution in [-0.2, 0) is 21.7 Å². The fraction of sp³-hybridized carbons (Fsp3) is 0.462. The molecule has 1 atom stereocenters. The van der Waals surface area contributed by atoms with Gasteiger partial charge in [0.2, 0.25) is 5.91 Å². The number of piperidine rings is 1. The Kier molecular flexibility index (Phi) is 6.95. The molecule has 2 aliphatic rings. The summed E-state index contributed by atoms with van der Waals surface area (Å²) in [5, 5.41) is 2.99. The number of urea groups is 1. The molecule has 3 heterocycles. The van der Waals surface area contributed by atoms with Gasteiger partial charge in [0.25, 0.3) is 5.91 Å². The highest BCUT2D eigenvalue weighted by atomic mass is 19.1. The number of rotatable bonds is 7. The van der Waals surface area contributed by atoms with Gasteiger partial charge in [0.1, 0.15) is 5.82 Å². The lowest BCUT2D eigenvalue weighted by Gasteiger charge is -2.41. The lowest BCUT2D eigenvalue weighted by Crippen LogP contribution is -2.54. The minimum atomic E-state index is -1.24. The second-order valence-corrected chi connectivity index (χ2v) is 9.59. The molecule has 4 amide bonds. The van der Waals surface area contributed by atoms with Gasteiger partial charge in [-0.25, -0.2) is 9.18 Å². The van der Waals surface area contributed by atoms with Gasteiger partial charge in [-0.2, -0.15) is 0 Å². The molecule has 2 aliphatic heterocycles. The first-order chi connectivity index (χ1) is 16.3. The fourth-order valence-electron chi connectivity index (χ4n) is 4.95. The van der Waals surface area contributed by atoms with E-state index in [4.69, 9.17) is 0 Å². The van der Waals surface area contributed by atoms with Crippen LogP contribution >= 0.6 is 0 Å². The van der Waals surface area contributed by atoms with Crippen molar-refractivity contribution >= 4 is 17.8 Å². The van der Waals surface area contributed by atoms with Crippen LogP contribution in [-0.4, -0.2) is 45.7 Å². The van der Waals surface area contributed by atoms with Crippen LogP contribution in [0.3, 0.4) is 0 Å². The molecular formula is C26H31FN4O3. The van der Waals surface area contributed by atoms with E-state index in [1.54, 1.807) is 30.6 Å². The summed E-state index contributed by atoms with van der Waals surface area (Å²) in [6, 6.07) is 8.86. The molecule has 8 heteroatoms. The van der Waals surface area contributed by atoms with E-state index >= 15 is 0 Å². The summed E-state index contributed by atoms with van der Waals surface area (Å²) in [7, 11) is 0. The summed E-state index contributed by atoms with van der Waals surface area (Å²) < 4.78 is 13.3.